The van der Waals surface area contributed by atoms with Crippen molar-refractivity contribution in [2.24, 2.45) is 17.8 Å². The highest BCUT2D eigenvalue weighted by molar-refractivity contribution is 5.90. The Labute approximate surface area is 295 Å². The zero-order valence-electron chi connectivity index (χ0n) is 32.0. The fourth-order valence-electron chi connectivity index (χ4n) is 7.83. The van der Waals surface area contributed by atoms with Crippen molar-refractivity contribution < 1.29 is 33.8 Å². The molecule has 0 spiro atoms. The van der Waals surface area contributed by atoms with E-state index in [1.807, 2.05) is 39.5 Å². The molecule has 13 heteroatoms. The van der Waals surface area contributed by atoms with Crippen LogP contribution in [0.3, 0.4) is 0 Å². The largest absolute Gasteiger partial charge is 0.394 e. The molecule has 2 aliphatic rings. The van der Waals surface area contributed by atoms with Crippen LogP contribution in [-0.2, 0) is 28.7 Å². The van der Waals surface area contributed by atoms with Crippen molar-refractivity contribution in [1.29, 1.82) is 0 Å². The molecule has 2 saturated heterocycles. The third kappa shape index (κ3) is 11.9. The number of methoxy groups -OCH3 is 2. The van der Waals surface area contributed by atoms with Gasteiger partial charge in [-0.25, -0.2) is 0 Å². The number of nitrogens with one attached hydrogen (secondary N) is 3. The van der Waals surface area contributed by atoms with Gasteiger partial charge in [-0.1, -0.05) is 47.5 Å². The predicted molar refractivity (Wildman–Crippen MR) is 191 cm³/mol. The van der Waals surface area contributed by atoms with E-state index < -0.39 is 48.8 Å². The average molecular weight is 697 g/mol. The summed E-state index contributed by atoms with van der Waals surface area (Å²) in [6, 6.07) is -1.96. The minimum Gasteiger partial charge on any atom is -0.394 e. The zero-order valence-corrected chi connectivity index (χ0v) is 32.0. The molecule has 49 heavy (non-hydrogen) atoms. The van der Waals surface area contributed by atoms with Crippen molar-refractivity contribution in [1.82, 2.24) is 30.7 Å². The van der Waals surface area contributed by atoms with Crippen molar-refractivity contribution in [3.8, 4) is 0 Å². The molecular formula is C36H68N6O7. The highest BCUT2D eigenvalue weighted by Crippen LogP contribution is 2.29. The lowest BCUT2D eigenvalue weighted by Gasteiger charge is -2.40. The van der Waals surface area contributed by atoms with Gasteiger partial charge in [-0.3, -0.25) is 24.1 Å². The maximum atomic E-state index is 14.0. The fraction of sp³-hybridized carbons (Fsp3) is 0.889. The monoisotopic (exact) mass is 697 g/mol. The summed E-state index contributed by atoms with van der Waals surface area (Å²) in [5.74, 6) is -1.51. The molecule has 2 rings (SSSR count). The number of carbonyl (C=O) groups excluding carboxylic acids is 4. The number of nitrogens with zero attached hydrogens (tertiary/aromatic N) is 3. The van der Waals surface area contributed by atoms with Crippen molar-refractivity contribution in [2.45, 2.75) is 128 Å². The van der Waals surface area contributed by atoms with Crippen LogP contribution in [-0.4, -0.2) is 147 Å². The van der Waals surface area contributed by atoms with Gasteiger partial charge in [0.2, 0.25) is 23.6 Å². The summed E-state index contributed by atoms with van der Waals surface area (Å²) in [5, 5.41) is 19.6. The molecule has 0 saturated carbocycles. The summed E-state index contributed by atoms with van der Waals surface area (Å²) < 4.78 is 11.8. The lowest BCUT2D eigenvalue weighted by Crippen LogP contribution is -2.59. The van der Waals surface area contributed by atoms with Crippen molar-refractivity contribution in [2.75, 3.05) is 61.6 Å². The van der Waals surface area contributed by atoms with E-state index in [4.69, 9.17) is 9.47 Å². The van der Waals surface area contributed by atoms with Crippen LogP contribution in [0.25, 0.3) is 0 Å². The summed E-state index contributed by atoms with van der Waals surface area (Å²) in [7, 11) is 8.38. The molecule has 9 atom stereocenters. The first kappa shape index (κ1) is 42.8. The van der Waals surface area contributed by atoms with Gasteiger partial charge in [-0.2, -0.15) is 0 Å². The second kappa shape index (κ2) is 21.1. The Balaban J connectivity index is 2.15. The highest BCUT2D eigenvalue weighted by Gasteiger charge is 2.42. The second-order valence-corrected chi connectivity index (χ2v) is 14.7. The summed E-state index contributed by atoms with van der Waals surface area (Å²) in [6.45, 7) is 11.3. The average Bonchev–Trinajstić information content (AvgIpc) is 3.56. The number of aliphatic hydroxyl groups excluding tert-OH is 1. The first-order valence-electron chi connectivity index (χ1n) is 18.4. The number of likely N-dealkylation sites (tertiary alicyclic amines) is 1. The molecule has 0 aromatic rings. The van der Waals surface area contributed by atoms with Gasteiger partial charge < -0.3 is 40.3 Å². The standard InChI is InChI=1S/C36H68N6O7/c1-11-24(4)32(41(8)36(47)27(22-43)39-35(46)31(23(2)3)40(6)7)29(48-9)21-30(44)42-20-14-16-28(42)33(49-10)25(5)34(45)38-19-17-26-15-12-13-18-37-26/h23-29,31-33,37,43H,11-22H2,1-10H3,(H,38,45)(H,39,46)/t24-,25+,26?,27-,28-,29+,31?,32-,33+/m0/s1. The fourth-order valence-corrected chi connectivity index (χ4v) is 7.83. The molecule has 2 heterocycles. The van der Waals surface area contributed by atoms with Gasteiger partial charge in [0.05, 0.1) is 49.3 Å². The van der Waals surface area contributed by atoms with Crippen LogP contribution in [0.4, 0.5) is 0 Å². The number of hydrogen-bond acceptors (Lipinski definition) is 9. The Hall–Kier alpha value is -2.32. The Morgan fingerprint density at radius 1 is 0.980 bits per heavy atom. The van der Waals surface area contributed by atoms with Gasteiger partial charge in [0, 0.05) is 40.4 Å². The van der Waals surface area contributed by atoms with Gasteiger partial charge in [0.25, 0.3) is 0 Å². The van der Waals surface area contributed by atoms with Gasteiger partial charge >= 0.3 is 0 Å². The van der Waals surface area contributed by atoms with Crippen LogP contribution in [0, 0.1) is 17.8 Å². The molecule has 2 aliphatic heterocycles. The number of carbonyl (C=O) groups is 4. The Bertz CT molecular complexity index is 1030. The minimum absolute atomic E-state index is 0.00722. The zero-order chi connectivity index (χ0) is 36.8. The van der Waals surface area contributed by atoms with Gasteiger partial charge in [0.1, 0.15) is 6.04 Å². The molecule has 2 unspecified atom stereocenters. The topological polar surface area (TPSA) is 153 Å². The molecule has 0 aromatic carbocycles. The molecule has 284 valence electrons. The van der Waals surface area contributed by atoms with Crippen molar-refractivity contribution >= 4 is 23.6 Å². The van der Waals surface area contributed by atoms with E-state index in [9.17, 15) is 24.3 Å². The molecule has 4 amide bonds. The van der Waals surface area contributed by atoms with E-state index in [1.165, 1.54) is 24.9 Å². The van der Waals surface area contributed by atoms with Crippen molar-refractivity contribution in [3.05, 3.63) is 0 Å². The lowest BCUT2D eigenvalue weighted by atomic mass is 9.90. The third-order valence-corrected chi connectivity index (χ3v) is 10.7. The number of ether oxygens (including phenoxy) is 2. The molecule has 0 radical (unpaired) electrons. The van der Waals surface area contributed by atoms with E-state index in [1.54, 1.807) is 33.2 Å². The lowest BCUT2D eigenvalue weighted by molar-refractivity contribution is -0.148. The molecule has 2 fully saturated rings. The molecule has 0 aliphatic carbocycles. The number of amides is 4. The maximum absolute atomic E-state index is 14.0. The van der Waals surface area contributed by atoms with E-state index in [2.05, 4.69) is 16.0 Å². The van der Waals surface area contributed by atoms with Crippen molar-refractivity contribution in [3.63, 3.8) is 0 Å². The van der Waals surface area contributed by atoms with Crippen LogP contribution in [0.2, 0.25) is 0 Å². The molecule has 0 bridgehead atoms. The number of aliphatic hydroxyl groups is 1. The van der Waals surface area contributed by atoms with Gasteiger partial charge in [0.15, 0.2) is 0 Å². The number of hydrogen-bond donors (Lipinski definition) is 4. The smallest absolute Gasteiger partial charge is 0.247 e. The molecule has 0 aromatic heterocycles. The summed E-state index contributed by atoms with van der Waals surface area (Å²) >= 11 is 0. The Morgan fingerprint density at radius 3 is 2.20 bits per heavy atom. The Kier molecular flexibility index (Phi) is 18.5. The van der Waals surface area contributed by atoms with Crippen LogP contribution in [0.5, 0.6) is 0 Å². The minimum atomic E-state index is -1.14. The highest BCUT2D eigenvalue weighted by atomic mass is 16.5. The second-order valence-electron chi connectivity index (χ2n) is 14.7. The van der Waals surface area contributed by atoms with E-state index in [0.717, 1.165) is 32.2 Å². The summed E-state index contributed by atoms with van der Waals surface area (Å²) in [5.41, 5.74) is 0. The van der Waals surface area contributed by atoms with E-state index in [0.29, 0.717) is 25.6 Å². The summed E-state index contributed by atoms with van der Waals surface area (Å²) in [4.78, 5) is 59.3. The van der Waals surface area contributed by atoms with E-state index >= 15 is 0 Å². The number of likely N-dealkylation sites (N-methyl/N-ethyl adjacent to an activating group) is 2. The SMILES string of the molecule is CC[C@H](C)[C@@H]([C@@H](CC(=O)N1CCC[C@H]1[C@H](OC)[C@@H](C)C(=O)NCCC1CCCCN1)OC)N(C)C(=O)[C@H](CO)NC(=O)C(C(C)C)N(C)C. The quantitative estimate of drug-likeness (QED) is 0.149. The Morgan fingerprint density at radius 2 is 1.67 bits per heavy atom. The first-order valence-corrected chi connectivity index (χ1v) is 18.4. The molecule has 4 N–H and O–H groups in total. The van der Waals surface area contributed by atoms with Crippen LogP contribution in [0.1, 0.15) is 86.0 Å². The number of rotatable bonds is 20. The number of piperidine rings is 1. The van der Waals surface area contributed by atoms with Crippen LogP contribution < -0.4 is 16.0 Å². The summed E-state index contributed by atoms with van der Waals surface area (Å²) in [6.07, 6.45) is 5.57. The van der Waals surface area contributed by atoms with E-state index in [-0.39, 0.29) is 42.0 Å². The van der Waals surface area contributed by atoms with Gasteiger partial charge in [-0.15, -0.1) is 0 Å². The molecule has 13 nitrogen and oxygen atoms in total. The predicted octanol–water partition coefficient (Wildman–Crippen LogP) is 1.62. The normalized spacial score (nSPS) is 22.6. The maximum Gasteiger partial charge on any atom is 0.247 e. The molecular weight excluding hydrogens is 628 g/mol. The van der Waals surface area contributed by atoms with Crippen LogP contribution >= 0.6 is 0 Å². The van der Waals surface area contributed by atoms with Crippen LogP contribution in [0.15, 0.2) is 0 Å². The van der Waals surface area contributed by atoms with Gasteiger partial charge in [-0.05, 0) is 64.6 Å². The third-order valence-electron chi connectivity index (χ3n) is 10.7. The first-order chi connectivity index (χ1) is 23.2.